The molecule has 2 aromatic carbocycles. The summed E-state index contributed by atoms with van der Waals surface area (Å²) < 4.78 is 7.19. The van der Waals surface area contributed by atoms with Crippen molar-refractivity contribution < 1.29 is 14.6 Å². The Morgan fingerprint density at radius 1 is 1.19 bits per heavy atom. The molecule has 0 aliphatic rings. The van der Waals surface area contributed by atoms with Gasteiger partial charge in [-0.1, -0.05) is 12.1 Å². The first-order chi connectivity index (χ1) is 12.6. The summed E-state index contributed by atoms with van der Waals surface area (Å²) in [6.07, 6.45) is 3.48. The normalized spacial score (nSPS) is 10.8. The number of carbonyl (C=O) groups is 1. The monoisotopic (exact) mass is 349 g/mol. The molecule has 0 saturated heterocycles. The minimum atomic E-state index is -0.467. The summed E-state index contributed by atoms with van der Waals surface area (Å²) in [5, 5.41) is 13.6. The number of methoxy groups -OCH3 is 1. The van der Waals surface area contributed by atoms with Crippen LogP contribution in [0.4, 0.5) is 0 Å². The zero-order chi connectivity index (χ0) is 18.5. The van der Waals surface area contributed by atoms with Gasteiger partial charge in [0.15, 0.2) is 0 Å². The van der Waals surface area contributed by atoms with Crippen LogP contribution in [0.3, 0.4) is 0 Å². The van der Waals surface area contributed by atoms with Crippen molar-refractivity contribution in [3.05, 3.63) is 77.6 Å². The van der Waals surface area contributed by atoms with Crippen LogP contribution in [0.15, 0.2) is 65.9 Å². The van der Waals surface area contributed by atoms with Gasteiger partial charge in [0.25, 0.3) is 5.91 Å². The van der Waals surface area contributed by atoms with Gasteiger partial charge in [-0.05, 0) is 49.4 Å². The molecule has 2 N–H and O–H groups in total. The highest BCUT2D eigenvalue weighted by molar-refractivity contribution is 5.97. The number of phenols is 1. The molecule has 3 aromatic rings. The molecule has 132 valence electrons. The molecule has 6 nitrogen and oxygen atoms in total. The third-order valence-corrected chi connectivity index (χ3v) is 3.91. The van der Waals surface area contributed by atoms with Crippen LogP contribution in [0.2, 0.25) is 0 Å². The zero-order valence-corrected chi connectivity index (χ0v) is 14.5. The standard InChI is InChI=1S/C20H19N3O3/c1-14-11-15(13-23(14)16-7-9-17(26-2)10-8-16)12-21-22-20(25)18-5-3-4-6-19(18)24/h3-13,24H,1-2H3,(H,22,25)/b21-12+. The van der Waals surface area contributed by atoms with E-state index in [1.165, 1.54) is 12.1 Å². The average molecular weight is 349 g/mol. The van der Waals surface area contributed by atoms with Crippen LogP contribution >= 0.6 is 0 Å². The minimum Gasteiger partial charge on any atom is -0.507 e. The molecular weight excluding hydrogens is 330 g/mol. The van der Waals surface area contributed by atoms with Gasteiger partial charge in [-0.15, -0.1) is 0 Å². The highest BCUT2D eigenvalue weighted by Crippen LogP contribution is 2.18. The van der Waals surface area contributed by atoms with Crippen molar-refractivity contribution in [3.63, 3.8) is 0 Å². The molecule has 0 aliphatic heterocycles. The quantitative estimate of drug-likeness (QED) is 0.548. The van der Waals surface area contributed by atoms with E-state index >= 15 is 0 Å². The number of amides is 1. The van der Waals surface area contributed by atoms with Crippen LogP contribution in [0.1, 0.15) is 21.6 Å². The summed E-state index contributed by atoms with van der Waals surface area (Å²) in [4.78, 5) is 12.0. The number of hydrazone groups is 1. The van der Waals surface area contributed by atoms with E-state index in [1.54, 1.807) is 25.5 Å². The molecule has 26 heavy (non-hydrogen) atoms. The molecule has 0 bridgehead atoms. The summed E-state index contributed by atoms with van der Waals surface area (Å²) in [6.45, 7) is 1.99. The fourth-order valence-corrected chi connectivity index (χ4v) is 2.58. The number of nitrogens with one attached hydrogen (secondary N) is 1. The lowest BCUT2D eigenvalue weighted by Gasteiger charge is -2.06. The van der Waals surface area contributed by atoms with Gasteiger partial charge in [0.05, 0.1) is 18.9 Å². The first-order valence-corrected chi connectivity index (χ1v) is 8.03. The second-order valence-corrected chi connectivity index (χ2v) is 5.70. The first kappa shape index (κ1) is 17.3. The Labute approximate surface area is 151 Å². The number of nitrogens with zero attached hydrogens (tertiary/aromatic N) is 2. The number of benzene rings is 2. The van der Waals surface area contributed by atoms with E-state index in [0.29, 0.717) is 0 Å². The Bertz CT molecular complexity index is 943. The number of ether oxygens (including phenoxy) is 1. The average Bonchev–Trinajstić information content (AvgIpc) is 3.02. The molecule has 0 spiro atoms. The van der Waals surface area contributed by atoms with Crippen molar-refractivity contribution in [1.82, 2.24) is 9.99 Å². The maximum absolute atomic E-state index is 12.0. The Hall–Kier alpha value is -3.54. The summed E-state index contributed by atoms with van der Waals surface area (Å²) >= 11 is 0. The fraction of sp³-hybridized carbons (Fsp3) is 0.100. The maximum atomic E-state index is 12.0. The Morgan fingerprint density at radius 3 is 2.62 bits per heavy atom. The van der Waals surface area contributed by atoms with E-state index < -0.39 is 5.91 Å². The molecule has 1 heterocycles. The van der Waals surface area contributed by atoms with E-state index in [2.05, 4.69) is 10.5 Å². The number of rotatable bonds is 5. The molecule has 3 rings (SSSR count). The molecule has 1 aromatic heterocycles. The third kappa shape index (κ3) is 3.75. The number of phenolic OH excluding ortho intramolecular Hbond substituents is 1. The summed E-state index contributed by atoms with van der Waals surface area (Å²) in [7, 11) is 1.63. The Kier molecular flexibility index (Phi) is 5.03. The van der Waals surface area contributed by atoms with E-state index in [9.17, 15) is 9.90 Å². The van der Waals surface area contributed by atoms with Crippen molar-refractivity contribution in [1.29, 1.82) is 0 Å². The van der Waals surface area contributed by atoms with E-state index in [4.69, 9.17) is 4.74 Å². The smallest absolute Gasteiger partial charge is 0.275 e. The van der Waals surface area contributed by atoms with Gasteiger partial charge in [-0.3, -0.25) is 4.79 Å². The highest BCUT2D eigenvalue weighted by atomic mass is 16.5. The van der Waals surface area contributed by atoms with Crippen LogP contribution in [-0.4, -0.2) is 28.9 Å². The fourth-order valence-electron chi connectivity index (χ4n) is 2.58. The number of hydrogen-bond donors (Lipinski definition) is 2. The SMILES string of the molecule is COc1ccc(-n2cc(/C=N/NC(=O)c3ccccc3O)cc2C)cc1. The minimum absolute atomic E-state index is 0.0818. The summed E-state index contributed by atoms with van der Waals surface area (Å²) in [5.74, 6) is 0.250. The molecule has 0 unspecified atom stereocenters. The second-order valence-electron chi connectivity index (χ2n) is 5.70. The van der Waals surface area contributed by atoms with E-state index in [-0.39, 0.29) is 11.3 Å². The number of aromatic nitrogens is 1. The highest BCUT2D eigenvalue weighted by Gasteiger charge is 2.09. The number of aromatic hydroxyl groups is 1. The predicted molar refractivity (Wildman–Crippen MR) is 100 cm³/mol. The second kappa shape index (κ2) is 7.57. The number of aryl methyl sites for hydroxylation is 1. The van der Waals surface area contributed by atoms with Gasteiger partial charge < -0.3 is 14.4 Å². The molecule has 0 fully saturated rings. The summed E-state index contributed by atoms with van der Waals surface area (Å²) in [5.41, 5.74) is 5.47. The van der Waals surface area contributed by atoms with Gasteiger partial charge in [0.2, 0.25) is 0 Å². The molecule has 6 heteroatoms. The molecule has 0 radical (unpaired) electrons. The topological polar surface area (TPSA) is 75.8 Å². The maximum Gasteiger partial charge on any atom is 0.275 e. The summed E-state index contributed by atoms with van der Waals surface area (Å²) in [6, 6.07) is 16.0. The van der Waals surface area contributed by atoms with Gasteiger partial charge in [-0.25, -0.2) is 5.43 Å². The zero-order valence-electron chi connectivity index (χ0n) is 14.5. The molecule has 0 atom stereocenters. The first-order valence-electron chi connectivity index (χ1n) is 8.03. The molecule has 1 amide bonds. The van der Waals surface area contributed by atoms with E-state index in [0.717, 1.165) is 22.7 Å². The van der Waals surface area contributed by atoms with Crippen molar-refractivity contribution in [2.75, 3.05) is 7.11 Å². The molecule has 0 saturated carbocycles. The van der Waals surface area contributed by atoms with Crippen molar-refractivity contribution in [3.8, 4) is 17.2 Å². The van der Waals surface area contributed by atoms with Crippen molar-refractivity contribution in [2.24, 2.45) is 5.10 Å². The molecule has 0 aliphatic carbocycles. The molecular formula is C20H19N3O3. The largest absolute Gasteiger partial charge is 0.507 e. The van der Waals surface area contributed by atoms with Crippen LogP contribution < -0.4 is 10.2 Å². The van der Waals surface area contributed by atoms with Crippen LogP contribution in [0.5, 0.6) is 11.5 Å². The van der Waals surface area contributed by atoms with Gasteiger partial charge in [0, 0.05) is 23.1 Å². The number of para-hydroxylation sites is 1. The predicted octanol–water partition coefficient (Wildman–Crippen LogP) is 3.26. The van der Waals surface area contributed by atoms with Gasteiger partial charge in [0.1, 0.15) is 11.5 Å². The lowest BCUT2D eigenvalue weighted by Crippen LogP contribution is -2.17. The third-order valence-electron chi connectivity index (χ3n) is 3.91. The number of hydrogen-bond acceptors (Lipinski definition) is 4. The Balaban J connectivity index is 1.71. The number of carbonyl (C=O) groups excluding carboxylic acids is 1. The lowest BCUT2D eigenvalue weighted by atomic mass is 10.2. The van der Waals surface area contributed by atoms with Crippen LogP contribution in [0, 0.1) is 6.92 Å². The van der Waals surface area contributed by atoms with Crippen molar-refractivity contribution in [2.45, 2.75) is 6.92 Å². The van der Waals surface area contributed by atoms with Crippen LogP contribution in [0.25, 0.3) is 5.69 Å². The van der Waals surface area contributed by atoms with Gasteiger partial charge >= 0.3 is 0 Å². The Morgan fingerprint density at radius 2 is 1.92 bits per heavy atom. The van der Waals surface area contributed by atoms with E-state index in [1.807, 2.05) is 48.0 Å². The van der Waals surface area contributed by atoms with Crippen molar-refractivity contribution >= 4 is 12.1 Å². The van der Waals surface area contributed by atoms with Crippen LogP contribution in [-0.2, 0) is 0 Å². The van der Waals surface area contributed by atoms with Gasteiger partial charge in [-0.2, -0.15) is 5.10 Å². The lowest BCUT2D eigenvalue weighted by molar-refractivity contribution is 0.0952.